The minimum absolute atomic E-state index is 0.307. The van der Waals surface area contributed by atoms with Gasteiger partial charge >= 0.3 is 5.97 Å². The molecule has 0 aliphatic heterocycles. The molecule has 1 aromatic heterocycles. The number of carbonyl (C=O) groups excluding carboxylic acids is 1. The van der Waals surface area contributed by atoms with Crippen LogP contribution in [-0.2, 0) is 24.9 Å². The van der Waals surface area contributed by atoms with Crippen molar-refractivity contribution < 1.29 is 9.53 Å². The SMILES string of the molecule is COC(=O)c1ccccc1CNCc1cnn(C)c1. The quantitative estimate of drug-likeness (QED) is 0.827. The largest absolute Gasteiger partial charge is 0.465 e. The molecular formula is C14H17N3O2. The van der Waals surface area contributed by atoms with Gasteiger partial charge in [0.25, 0.3) is 0 Å². The topological polar surface area (TPSA) is 56.1 Å². The van der Waals surface area contributed by atoms with Crippen LogP contribution in [0.5, 0.6) is 0 Å². The van der Waals surface area contributed by atoms with E-state index in [0.29, 0.717) is 18.7 Å². The Morgan fingerprint density at radius 1 is 1.37 bits per heavy atom. The molecule has 0 spiro atoms. The standard InChI is InChI=1S/C14H17N3O2/c1-17-10-11(8-16-17)7-15-9-12-5-3-4-6-13(12)14(18)19-2/h3-6,8,10,15H,7,9H2,1-2H3. The van der Waals surface area contributed by atoms with Crippen LogP contribution < -0.4 is 5.32 Å². The predicted octanol–water partition coefficient (Wildman–Crippen LogP) is 1.50. The molecule has 0 amide bonds. The lowest BCUT2D eigenvalue weighted by atomic mass is 10.1. The summed E-state index contributed by atoms with van der Waals surface area (Å²) in [4.78, 5) is 11.6. The lowest BCUT2D eigenvalue weighted by molar-refractivity contribution is 0.0599. The molecule has 0 aliphatic carbocycles. The van der Waals surface area contributed by atoms with Gasteiger partial charge in [0.15, 0.2) is 0 Å². The summed E-state index contributed by atoms with van der Waals surface area (Å²) in [6, 6.07) is 7.43. The summed E-state index contributed by atoms with van der Waals surface area (Å²) in [5.41, 5.74) is 2.64. The molecule has 0 fully saturated rings. The molecule has 0 saturated carbocycles. The van der Waals surface area contributed by atoms with Crippen molar-refractivity contribution in [3.63, 3.8) is 0 Å². The Bertz CT molecular complexity index is 563. The third kappa shape index (κ3) is 3.42. The van der Waals surface area contributed by atoms with Crippen molar-refractivity contribution in [2.45, 2.75) is 13.1 Å². The number of aryl methyl sites for hydroxylation is 1. The molecule has 1 aromatic carbocycles. The molecule has 5 heteroatoms. The minimum Gasteiger partial charge on any atom is -0.465 e. The second-order valence-corrected chi connectivity index (χ2v) is 4.27. The third-order valence-corrected chi connectivity index (χ3v) is 2.83. The Morgan fingerprint density at radius 2 is 2.16 bits per heavy atom. The Hall–Kier alpha value is -2.14. The van der Waals surface area contributed by atoms with Crippen molar-refractivity contribution in [3.8, 4) is 0 Å². The first-order valence-corrected chi connectivity index (χ1v) is 6.05. The van der Waals surface area contributed by atoms with Gasteiger partial charge in [-0.05, 0) is 11.6 Å². The number of aromatic nitrogens is 2. The van der Waals surface area contributed by atoms with Gasteiger partial charge in [-0.2, -0.15) is 5.10 Å². The molecule has 5 nitrogen and oxygen atoms in total. The molecule has 1 heterocycles. The molecule has 1 N–H and O–H groups in total. The Kier molecular flexibility index (Phi) is 4.30. The molecule has 0 radical (unpaired) electrons. The van der Waals surface area contributed by atoms with Gasteiger partial charge in [-0.25, -0.2) is 4.79 Å². The number of methoxy groups -OCH3 is 1. The van der Waals surface area contributed by atoms with Crippen LogP contribution in [0.1, 0.15) is 21.5 Å². The van der Waals surface area contributed by atoms with Crippen LogP contribution in [0.4, 0.5) is 0 Å². The fourth-order valence-corrected chi connectivity index (χ4v) is 1.89. The number of hydrogen-bond acceptors (Lipinski definition) is 4. The van der Waals surface area contributed by atoms with E-state index >= 15 is 0 Å². The molecule has 2 aromatic rings. The number of carbonyl (C=O) groups is 1. The zero-order valence-electron chi connectivity index (χ0n) is 11.1. The molecular weight excluding hydrogens is 242 g/mol. The Labute approximate surface area is 112 Å². The maximum absolute atomic E-state index is 11.6. The maximum Gasteiger partial charge on any atom is 0.338 e. The Balaban J connectivity index is 1.97. The van der Waals surface area contributed by atoms with Crippen LogP contribution in [0.3, 0.4) is 0 Å². The zero-order chi connectivity index (χ0) is 13.7. The summed E-state index contributed by atoms with van der Waals surface area (Å²) in [6.45, 7) is 1.32. The summed E-state index contributed by atoms with van der Waals surface area (Å²) < 4.78 is 6.53. The third-order valence-electron chi connectivity index (χ3n) is 2.83. The zero-order valence-corrected chi connectivity index (χ0v) is 11.1. The smallest absolute Gasteiger partial charge is 0.338 e. The first-order chi connectivity index (χ1) is 9.20. The van der Waals surface area contributed by atoms with E-state index in [4.69, 9.17) is 4.74 Å². The van der Waals surface area contributed by atoms with Crippen LogP contribution in [0.25, 0.3) is 0 Å². The predicted molar refractivity (Wildman–Crippen MR) is 71.5 cm³/mol. The minimum atomic E-state index is -0.307. The van der Waals surface area contributed by atoms with Crippen molar-refractivity contribution in [2.75, 3.05) is 7.11 Å². The van der Waals surface area contributed by atoms with E-state index in [9.17, 15) is 4.79 Å². The van der Waals surface area contributed by atoms with Crippen molar-refractivity contribution in [3.05, 3.63) is 53.3 Å². The summed E-state index contributed by atoms with van der Waals surface area (Å²) in [7, 11) is 3.28. The summed E-state index contributed by atoms with van der Waals surface area (Å²) >= 11 is 0. The first kappa shape index (κ1) is 13.3. The van der Waals surface area contributed by atoms with E-state index in [1.54, 1.807) is 10.7 Å². The average Bonchev–Trinajstić information content (AvgIpc) is 2.84. The van der Waals surface area contributed by atoms with Crippen molar-refractivity contribution in [2.24, 2.45) is 7.05 Å². The van der Waals surface area contributed by atoms with Gasteiger partial charge in [0.1, 0.15) is 0 Å². The van der Waals surface area contributed by atoms with Crippen molar-refractivity contribution >= 4 is 5.97 Å². The van der Waals surface area contributed by atoms with Gasteiger partial charge in [-0.3, -0.25) is 4.68 Å². The summed E-state index contributed by atoms with van der Waals surface area (Å²) in [6.07, 6.45) is 3.78. The normalized spacial score (nSPS) is 10.4. The monoisotopic (exact) mass is 259 g/mol. The van der Waals surface area contributed by atoms with Gasteiger partial charge in [-0.15, -0.1) is 0 Å². The number of benzene rings is 1. The van der Waals surface area contributed by atoms with Gasteiger partial charge in [0.2, 0.25) is 0 Å². The number of esters is 1. The fraction of sp³-hybridized carbons (Fsp3) is 0.286. The number of rotatable bonds is 5. The number of nitrogens with zero attached hydrogens (tertiary/aromatic N) is 2. The Morgan fingerprint density at radius 3 is 2.84 bits per heavy atom. The average molecular weight is 259 g/mol. The van der Waals surface area contributed by atoms with Crippen LogP contribution in [-0.4, -0.2) is 22.9 Å². The van der Waals surface area contributed by atoms with Gasteiger partial charge < -0.3 is 10.1 Å². The molecule has 0 saturated heterocycles. The van der Waals surface area contributed by atoms with Crippen LogP contribution in [0, 0.1) is 0 Å². The summed E-state index contributed by atoms with van der Waals surface area (Å²) in [5.74, 6) is -0.307. The first-order valence-electron chi connectivity index (χ1n) is 6.05. The van der Waals surface area contributed by atoms with E-state index in [0.717, 1.165) is 11.1 Å². The summed E-state index contributed by atoms with van der Waals surface area (Å²) in [5, 5.41) is 7.39. The van der Waals surface area contributed by atoms with E-state index < -0.39 is 0 Å². The highest BCUT2D eigenvalue weighted by Crippen LogP contribution is 2.10. The van der Waals surface area contributed by atoms with Gasteiger partial charge in [0, 0.05) is 31.9 Å². The maximum atomic E-state index is 11.6. The van der Waals surface area contributed by atoms with Crippen molar-refractivity contribution in [1.29, 1.82) is 0 Å². The number of ether oxygens (including phenoxy) is 1. The number of hydrogen-bond donors (Lipinski definition) is 1. The molecule has 0 unspecified atom stereocenters. The van der Waals surface area contributed by atoms with E-state index in [1.165, 1.54) is 7.11 Å². The molecule has 19 heavy (non-hydrogen) atoms. The second-order valence-electron chi connectivity index (χ2n) is 4.27. The van der Waals surface area contributed by atoms with E-state index in [1.807, 2.05) is 37.6 Å². The van der Waals surface area contributed by atoms with Crippen molar-refractivity contribution in [1.82, 2.24) is 15.1 Å². The van der Waals surface area contributed by atoms with Crippen LogP contribution in [0.2, 0.25) is 0 Å². The highest BCUT2D eigenvalue weighted by atomic mass is 16.5. The van der Waals surface area contributed by atoms with Crippen LogP contribution >= 0.6 is 0 Å². The van der Waals surface area contributed by atoms with Crippen LogP contribution in [0.15, 0.2) is 36.7 Å². The molecule has 0 atom stereocenters. The number of nitrogens with one attached hydrogen (secondary N) is 1. The highest BCUT2D eigenvalue weighted by molar-refractivity contribution is 5.90. The van der Waals surface area contributed by atoms with Gasteiger partial charge in [-0.1, -0.05) is 18.2 Å². The van der Waals surface area contributed by atoms with E-state index in [2.05, 4.69) is 10.4 Å². The van der Waals surface area contributed by atoms with Gasteiger partial charge in [0.05, 0.1) is 18.9 Å². The fourth-order valence-electron chi connectivity index (χ4n) is 1.89. The second kappa shape index (κ2) is 6.15. The lowest BCUT2D eigenvalue weighted by Gasteiger charge is -2.08. The van der Waals surface area contributed by atoms with E-state index in [-0.39, 0.29) is 5.97 Å². The molecule has 0 bridgehead atoms. The molecule has 100 valence electrons. The highest BCUT2D eigenvalue weighted by Gasteiger charge is 2.10. The lowest BCUT2D eigenvalue weighted by Crippen LogP contribution is -2.15. The molecule has 0 aliphatic rings. The molecule has 2 rings (SSSR count).